The van der Waals surface area contributed by atoms with Crippen molar-refractivity contribution in [3.8, 4) is 0 Å². The molecule has 0 saturated carbocycles. The van der Waals surface area contributed by atoms with E-state index >= 15 is 0 Å². The molecule has 0 rings (SSSR count). The lowest BCUT2D eigenvalue weighted by atomic mass is 9.84. The summed E-state index contributed by atoms with van der Waals surface area (Å²) in [5.74, 6) is 0. The fraction of sp³-hybridized carbons (Fsp3) is 1.00. The van der Waals surface area contributed by atoms with Crippen LogP contribution in [0, 0.1) is 5.41 Å². The first-order valence-corrected chi connectivity index (χ1v) is 3.76. The molecule has 0 aliphatic carbocycles. The van der Waals surface area contributed by atoms with Crippen molar-refractivity contribution in [3.63, 3.8) is 0 Å². The highest BCUT2D eigenvalue weighted by atomic mass is 16.3. The number of hydrogen-bond donors (Lipinski definition) is 0. The van der Waals surface area contributed by atoms with Gasteiger partial charge in [0.05, 0.1) is 6.61 Å². The van der Waals surface area contributed by atoms with Crippen molar-refractivity contribution in [3.05, 3.63) is 0 Å². The van der Waals surface area contributed by atoms with Crippen LogP contribution in [0.1, 0.15) is 40.0 Å². The Hall–Kier alpha value is -0.0400. The Kier molecular flexibility index (Phi) is 3.87. The largest absolute Gasteiger partial charge is 0.236 e. The highest BCUT2D eigenvalue weighted by molar-refractivity contribution is 4.69. The molecule has 0 amide bonds. The molecule has 0 aromatic heterocycles. The molecule has 0 fully saturated rings. The fourth-order valence-corrected chi connectivity index (χ4v) is 0.955. The van der Waals surface area contributed by atoms with Crippen LogP contribution < -0.4 is 0 Å². The lowest BCUT2D eigenvalue weighted by Crippen LogP contribution is -2.18. The van der Waals surface area contributed by atoms with Crippen LogP contribution in [0.15, 0.2) is 0 Å². The molecule has 0 bridgehead atoms. The number of rotatable bonds is 4. The molecule has 1 atom stereocenters. The average Bonchev–Trinajstić information content (AvgIpc) is 1.89. The molecule has 1 nitrogen and oxygen atoms in total. The Bertz CT molecular complexity index is 65.0. The van der Waals surface area contributed by atoms with E-state index in [4.69, 9.17) is 0 Å². The zero-order valence-electron chi connectivity index (χ0n) is 6.74. The maximum absolute atomic E-state index is 10.6. The second-order valence-electron chi connectivity index (χ2n) is 3.06. The Morgan fingerprint density at radius 3 is 2.00 bits per heavy atom. The molecule has 0 N–H and O–H groups in total. The third kappa shape index (κ3) is 2.85. The van der Waals surface area contributed by atoms with Crippen molar-refractivity contribution in [2.24, 2.45) is 5.41 Å². The highest BCUT2D eigenvalue weighted by Crippen LogP contribution is 2.25. The van der Waals surface area contributed by atoms with Gasteiger partial charge in [0.1, 0.15) is 0 Å². The van der Waals surface area contributed by atoms with Crippen LogP contribution in [0.2, 0.25) is 0 Å². The normalized spacial score (nSPS) is 17.3. The van der Waals surface area contributed by atoms with Crippen LogP contribution in [-0.4, -0.2) is 6.61 Å². The second kappa shape index (κ2) is 3.89. The van der Waals surface area contributed by atoms with Gasteiger partial charge in [-0.15, -0.1) is 0 Å². The fourth-order valence-electron chi connectivity index (χ4n) is 0.955. The van der Waals surface area contributed by atoms with E-state index in [-0.39, 0.29) is 12.0 Å². The molecular formula is C8H17O. The van der Waals surface area contributed by atoms with Crippen LogP contribution in [0.5, 0.6) is 0 Å². The molecule has 1 radical (unpaired) electrons. The predicted octanol–water partition coefficient (Wildman–Crippen LogP) is 2.63. The lowest BCUT2D eigenvalue weighted by molar-refractivity contribution is 0.0705. The van der Waals surface area contributed by atoms with E-state index in [1.165, 1.54) is 0 Å². The maximum atomic E-state index is 10.6. The summed E-state index contributed by atoms with van der Waals surface area (Å²) in [6.07, 6.45) is 3.23. The van der Waals surface area contributed by atoms with E-state index in [1.807, 2.05) is 0 Å². The Morgan fingerprint density at radius 2 is 1.89 bits per heavy atom. The van der Waals surface area contributed by atoms with Crippen LogP contribution >= 0.6 is 0 Å². The minimum atomic E-state index is 0.0781. The van der Waals surface area contributed by atoms with Crippen molar-refractivity contribution >= 4 is 0 Å². The molecule has 0 aromatic rings. The molecule has 1 unspecified atom stereocenters. The first-order valence-electron chi connectivity index (χ1n) is 3.76. The van der Waals surface area contributed by atoms with E-state index in [9.17, 15) is 5.11 Å². The highest BCUT2D eigenvalue weighted by Gasteiger charge is 2.19. The van der Waals surface area contributed by atoms with E-state index in [1.54, 1.807) is 0 Å². The summed E-state index contributed by atoms with van der Waals surface area (Å²) in [6.45, 7) is 6.37. The molecule has 0 spiro atoms. The van der Waals surface area contributed by atoms with Gasteiger partial charge in [-0.1, -0.05) is 27.2 Å². The van der Waals surface area contributed by atoms with Crippen LogP contribution in [-0.2, 0) is 5.11 Å². The van der Waals surface area contributed by atoms with Gasteiger partial charge >= 0.3 is 0 Å². The zero-order valence-corrected chi connectivity index (χ0v) is 6.74. The monoisotopic (exact) mass is 129 g/mol. The van der Waals surface area contributed by atoms with Gasteiger partial charge in [-0.25, -0.2) is 5.11 Å². The van der Waals surface area contributed by atoms with Crippen molar-refractivity contribution in [2.75, 3.05) is 6.61 Å². The van der Waals surface area contributed by atoms with Crippen molar-refractivity contribution in [2.45, 2.75) is 40.0 Å². The molecule has 0 aliphatic heterocycles. The average molecular weight is 129 g/mol. The summed E-state index contributed by atoms with van der Waals surface area (Å²) in [4.78, 5) is 0. The summed E-state index contributed by atoms with van der Waals surface area (Å²) < 4.78 is 0. The smallest absolute Gasteiger partial charge is 0.0875 e. The zero-order chi connectivity index (χ0) is 7.33. The Morgan fingerprint density at radius 1 is 1.33 bits per heavy atom. The summed E-state index contributed by atoms with van der Waals surface area (Å²) >= 11 is 0. The molecule has 9 heavy (non-hydrogen) atoms. The molecular weight excluding hydrogens is 112 g/mol. The Labute approximate surface area is 58.1 Å². The van der Waals surface area contributed by atoms with E-state index in [0.29, 0.717) is 0 Å². The van der Waals surface area contributed by atoms with E-state index in [0.717, 1.165) is 19.3 Å². The quantitative estimate of drug-likeness (QED) is 0.556. The van der Waals surface area contributed by atoms with Crippen LogP contribution in [0.25, 0.3) is 0 Å². The lowest BCUT2D eigenvalue weighted by Gasteiger charge is -2.23. The molecule has 0 saturated heterocycles. The van der Waals surface area contributed by atoms with E-state index in [2.05, 4.69) is 20.8 Å². The number of hydrogen-bond acceptors (Lipinski definition) is 0. The van der Waals surface area contributed by atoms with Crippen LogP contribution in [0.4, 0.5) is 0 Å². The third-order valence-corrected chi connectivity index (χ3v) is 2.06. The van der Waals surface area contributed by atoms with Gasteiger partial charge < -0.3 is 0 Å². The van der Waals surface area contributed by atoms with Crippen molar-refractivity contribution < 1.29 is 5.11 Å². The second-order valence-corrected chi connectivity index (χ2v) is 3.06. The van der Waals surface area contributed by atoms with Gasteiger partial charge in [-0.2, -0.15) is 0 Å². The minimum absolute atomic E-state index is 0.0781. The van der Waals surface area contributed by atoms with E-state index < -0.39 is 0 Å². The van der Waals surface area contributed by atoms with Gasteiger partial charge in [0.25, 0.3) is 0 Å². The van der Waals surface area contributed by atoms with Crippen LogP contribution in [0.3, 0.4) is 0 Å². The van der Waals surface area contributed by atoms with Gasteiger partial charge in [0.15, 0.2) is 0 Å². The minimum Gasteiger partial charge on any atom is -0.236 e. The van der Waals surface area contributed by atoms with Gasteiger partial charge in [0, 0.05) is 0 Å². The molecule has 0 aliphatic rings. The van der Waals surface area contributed by atoms with Gasteiger partial charge in [0.2, 0.25) is 0 Å². The molecule has 0 aromatic carbocycles. The summed E-state index contributed by atoms with van der Waals surface area (Å²) in [6, 6.07) is 0. The molecule has 0 heterocycles. The summed E-state index contributed by atoms with van der Waals surface area (Å²) in [7, 11) is 0. The van der Waals surface area contributed by atoms with Crippen molar-refractivity contribution in [1.82, 2.24) is 0 Å². The van der Waals surface area contributed by atoms with Crippen molar-refractivity contribution in [1.29, 1.82) is 0 Å². The third-order valence-electron chi connectivity index (χ3n) is 2.06. The molecule has 1 heteroatoms. The predicted molar refractivity (Wildman–Crippen MR) is 38.9 cm³/mol. The maximum Gasteiger partial charge on any atom is 0.0875 e. The first-order chi connectivity index (χ1) is 4.18. The first kappa shape index (κ1) is 8.96. The molecule has 55 valence electrons. The van der Waals surface area contributed by atoms with Gasteiger partial charge in [-0.3, -0.25) is 0 Å². The van der Waals surface area contributed by atoms with Gasteiger partial charge in [-0.05, 0) is 18.3 Å². The standard InChI is InChI=1S/C8H17O/c1-4-6-8(3,5-2)7-9/h4-7H2,1-3H3. The summed E-state index contributed by atoms with van der Waals surface area (Å²) in [5, 5.41) is 10.6. The summed E-state index contributed by atoms with van der Waals surface area (Å²) in [5.41, 5.74) is 0.0781. The SMILES string of the molecule is CCCC(C)(CC)C[O]. The Balaban J connectivity index is 3.62. The topological polar surface area (TPSA) is 19.9 Å².